The summed E-state index contributed by atoms with van der Waals surface area (Å²) in [6.45, 7) is 2.87. The fourth-order valence-corrected chi connectivity index (χ4v) is 4.95. The highest BCUT2D eigenvalue weighted by atomic mass is 32.1. The Bertz CT molecular complexity index is 1160. The Balaban J connectivity index is 1.27. The molecule has 5 rings (SSSR count). The molecule has 1 N–H and O–H groups in total. The van der Waals surface area contributed by atoms with Crippen molar-refractivity contribution >= 4 is 17.2 Å². The number of aryl methyl sites for hydroxylation is 2. The van der Waals surface area contributed by atoms with Crippen LogP contribution >= 0.6 is 11.3 Å². The topological polar surface area (TPSA) is 71.9 Å². The maximum absolute atomic E-state index is 13.7. The summed E-state index contributed by atoms with van der Waals surface area (Å²) in [5.74, 6) is 0.995. The number of aromatic nitrogens is 1. The third kappa shape index (κ3) is 4.20. The second-order valence-electron chi connectivity index (χ2n) is 8.20. The Morgan fingerprint density at radius 2 is 2.16 bits per heavy atom. The minimum Gasteiger partial charge on any atom is -0.485 e. The monoisotopic (exact) mass is 454 g/mol. The molecule has 32 heavy (non-hydrogen) atoms. The summed E-state index contributed by atoms with van der Waals surface area (Å²) in [4.78, 5) is 18.9. The van der Waals surface area contributed by atoms with E-state index >= 15 is 0 Å². The number of aliphatic hydroxyl groups is 1. The van der Waals surface area contributed by atoms with E-state index in [4.69, 9.17) is 9.47 Å². The number of benzene rings is 2. The van der Waals surface area contributed by atoms with Crippen LogP contribution in [0.2, 0.25) is 0 Å². The van der Waals surface area contributed by atoms with Gasteiger partial charge in [-0.05, 0) is 73.2 Å². The number of thiazole rings is 1. The normalized spacial score (nSPS) is 20.0. The van der Waals surface area contributed by atoms with Gasteiger partial charge in [0.25, 0.3) is 11.1 Å². The average molecular weight is 455 g/mol. The van der Waals surface area contributed by atoms with Crippen molar-refractivity contribution in [1.29, 1.82) is 0 Å². The van der Waals surface area contributed by atoms with Crippen LogP contribution in [0, 0.1) is 12.7 Å². The first-order valence-corrected chi connectivity index (χ1v) is 11.4. The Morgan fingerprint density at radius 3 is 2.97 bits per heavy atom. The summed E-state index contributed by atoms with van der Waals surface area (Å²) < 4.78 is 25.7. The van der Waals surface area contributed by atoms with E-state index in [2.05, 4.69) is 4.98 Å². The van der Waals surface area contributed by atoms with Crippen molar-refractivity contribution in [2.45, 2.75) is 38.4 Å². The van der Waals surface area contributed by atoms with Crippen LogP contribution in [-0.2, 0) is 6.42 Å². The van der Waals surface area contributed by atoms with Gasteiger partial charge in [-0.2, -0.15) is 0 Å². The molecule has 2 aliphatic heterocycles. The lowest BCUT2D eigenvalue weighted by atomic mass is 9.94. The number of amides is 1. The molecule has 1 saturated heterocycles. The number of aliphatic hydroxyl groups excluding tert-OH is 1. The summed E-state index contributed by atoms with van der Waals surface area (Å²) in [6, 6.07) is 10.4. The molecular formula is C24H23FN2O4S. The van der Waals surface area contributed by atoms with E-state index in [1.165, 1.54) is 23.6 Å². The summed E-state index contributed by atoms with van der Waals surface area (Å²) in [5.41, 5.74) is 2.91. The van der Waals surface area contributed by atoms with Gasteiger partial charge in [0.15, 0.2) is 0 Å². The van der Waals surface area contributed by atoms with Crippen LogP contribution in [0.25, 0.3) is 0 Å². The number of rotatable bonds is 4. The number of likely N-dealkylation sites (tertiary alicyclic amines) is 1. The first-order valence-electron chi connectivity index (χ1n) is 10.6. The van der Waals surface area contributed by atoms with Crippen LogP contribution in [-0.4, -0.2) is 40.1 Å². The Labute approximate surface area is 189 Å². The maximum Gasteiger partial charge on any atom is 0.279 e. The van der Waals surface area contributed by atoms with Gasteiger partial charge in [-0.1, -0.05) is 17.4 Å². The average Bonchev–Trinajstić information content (AvgIpc) is 3.44. The van der Waals surface area contributed by atoms with Crippen LogP contribution in [0.3, 0.4) is 0 Å². The molecule has 2 atom stereocenters. The molecule has 8 heteroatoms. The minimum atomic E-state index is -0.454. The van der Waals surface area contributed by atoms with Crippen LogP contribution in [0.15, 0.2) is 42.6 Å². The number of hydrogen-bond donors (Lipinski definition) is 1. The van der Waals surface area contributed by atoms with E-state index in [0.29, 0.717) is 35.3 Å². The zero-order valence-corrected chi connectivity index (χ0v) is 18.4. The first-order chi connectivity index (χ1) is 15.5. The van der Waals surface area contributed by atoms with Crippen molar-refractivity contribution in [3.8, 4) is 16.7 Å². The van der Waals surface area contributed by atoms with Gasteiger partial charge in [0.05, 0.1) is 12.3 Å². The molecule has 6 nitrogen and oxygen atoms in total. The van der Waals surface area contributed by atoms with Crippen LogP contribution in [0.5, 0.6) is 16.7 Å². The molecule has 0 saturated carbocycles. The highest BCUT2D eigenvalue weighted by Crippen LogP contribution is 2.39. The maximum atomic E-state index is 13.7. The predicted molar refractivity (Wildman–Crippen MR) is 118 cm³/mol. The molecule has 0 aliphatic carbocycles. The van der Waals surface area contributed by atoms with Gasteiger partial charge in [0.2, 0.25) is 0 Å². The molecule has 0 radical (unpaired) electrons. The number of fused-ring (bicyclic) bond motifs is 1. The number of nitrogens with zero attached hydrogens (tertiary/aromatic N) is 2. The molecule has 1 aromatic heterocycles. The number of ether oxygens (including phenoxy) is 2. The summed E-state index contributed by atoms with van der Waals surface area (Å²) in [5, 5.41) is 10.0. The Morgan fingerprint density at radius 1 is 1.28 bits per heavy atom. The second kappa shape index (κ2) is 8.52. The van der Waals surface area contributed by atoms with Gasteiger partial charge in [-0.25, -0.2) is 9.37 Å². The van der Waals surface area contributed by atoms with Crippen molar-refractivity contribution in [1.82, 2.24) is 9.88 Å². The zero-order valence-electron chi connectivity index (χ0n) is 17.6. The fourth-order valence-electron chi connectivity index (χ4n) is 4.19. The third-order valence-corrected chi connectivity index (χ3v) is 6.78. The minimum absolute atomic E-state index is 0.133. The molecule has 0 bridgehead atoms. The van der Waals surface area contributed by atoms with Gasteiger partial charge >= 0.3 is 0 Å². The number of hydrogen-bond acceptors (Lipinski definition) is 6. The fraction of sp³-hybridized carbons (Fsp3) is 0.333. The second-order valence-corrected chi connectivity index (χ2v) is 9.19. The SMILES string of the molecule is Cc1ccc(F)cc1C1CCc2cc(Oc3ncc(C(=O)N4CCC(O)C4)s3)ccc2O1. The van der Waals surface area contributed by atoms with Crippen molar-refractivity contribution in [3.05, 3.63) is 70.0 Å². The first kappa shape index (κ1) is 20.9. The van der Waals surface area contributed by atoms with Crippen molar-refractivity contribution in [3.63, 3.8) is 0 Å². The van der Waals surface area contributed by atoms with Crippen molar-refractivity contribution in [2.75, 3.05) is 13.1 Å². The summed E-state index contributed by atoms with van der Waals surface area (Å²) in [6.07, 6.45) is 3.02. The number of carbonyl (C=O) groups excluding carboxylic acids is 1. The smallest absolute Gasteiger partial charge is 0.279 e. The third-order valence-electron chi connectivity index (χ3n) is 5.92. The van der Waals surface area contributed by atoms with Crippen LogP contribution in [0.4, 0.5) is 4.39 Å². The van der Waals surface area contributed by atoms with E-state index < -0.39 is 6.10 Å². The van der Waals surface area contributed by atoms with Gasteiger partial charge in [0.1, 0.15) is 28.3 Å². The zero-order chi connectivity index (χ0) is 22.2. The molecule has 2 aromatic carbocycles. The van der Waals surface area contributed by atoms with Crippen molar-refractivity contribution in [2.24, 2.45) is 0 Å². The van der Waals surface area contributed by atoms with Gasteiger partial charge < -0.3 is 19.5 Å². The number of halogens is 1. The lowest BCUT2D eigenvalue weighted by Crippen LogP contribution is -2.28. The van der Waals surface area contributed by atoms with Crippen LogP contribution in [0.1, 0.15) is 45.3 Å². The van der Waals surface area contributed by atoms with E-state index in [-0.39, 0.29) is 17.8 Å². The molecule has 2 aliphatic rings. The van der Waals surface area contributed by atoms with E-state index in [1.807, 2.05) is 19.1 Å². The van der Waals surface area contributed by atoms with E-state index in [9.17, 15) is 14.3 Å². The standard InChI is InChI=1S/C24H23FN2O4S/c1-14-2-4-16(25)11-19(14)21-6-3-15-10-18(5-7-20(15)31-21)30-24-26-12-22(32-24)23(29)27-9-8-17(28)13-27/h2,4-5,7,10-12,17,21,28H,3,6,8-9,13H2,1H3. The molecule has 1 fully saturated rings. The highest BCUT2D eigenvalue weighted by molar-refractivity contribution is 7.15. The quantitative estimate of drug-likeness (QED) is 0.621. The van der Waals surface area contributed by atoms with Gasteiger partial charge in [-0.3, -0.25) is 4.79 Å². The lowest BCUT2D eigenvalue weighted by Gasteiger charge is -2.27. The summed E-state index contributed by atoms with van der Waals surface area (Å²) in [7, 11) is 0. The molecule has 1 amide bonds. The summed E-state index contributed by atoms with van der Waals surface area (Å²) >= 11 is 1.19. The molecular weight excluding hydrogens is 431 g/mol. The van der Waals surface area contributed by atoms with Crippen LogP contribution < -0.4 is 9.47 Å². The largest absolute Gasteiger partial charge is 0.485 e. The highest BCUT2D eigenvalue weighted by Gasteiger charge is 2.27. The Kier molecular flexibility index (Phi) is 5.57. The number of carbonyl (C=O) groups is 1. The van der Waals surface area contributed by atoms with Gasteiger partial charge in [0, 0.05) is 13.1 Å². The molecule has 3 aromatic rings. The van der Waals surface area contributed by atoms with E-state index in [0.717, 1.165) is 35.3 Å². The number of β-amino-alcohol motifs (C(OH)–C–C–N with tert-alkyl or cyclic N) is 1. The predicted octanol–water partition coefficient (Wildman–Crippen LogP) is 4.66. The van der Waals surface area contributed by atoms with E-state index in [1.54, 1.807) is 23.1 Å². The molecule has 2 unspecified atom stereocenters. The molecule has 3 heterocycles. The molecule has 0 spiro atoms. The Hall–Kier alpha value is -2.97. The lowest BCUT2D eigenvalue weighted by molar-refractivity contribution is 0.0769. The van der Waals surface area contributed by atoms with Gasteiger partial charge in [-0.15, -0.1) is 0 Å². The molecule has 166 valence electrons. The van der Waals surface area contributed by atoms with Crippen molar-refractivity contribution < 1.29 is 23.8 Å².